The van der Waals surface area contributed by atoms with Crippen molar-refractivity contribution in [2.24, 2.45) is 0 Å². The second-order valence-corrected chi connectivity index (χ2v) is 2.52. The fourth-order valence-electron chi connectivity index (χ4n) is 0.648. The van der Waals surface area contributed by atoms with Crippen molar-refractivity contribution in [2.75, 3.05) is 6.54 Å². The first-order valence-electron chi connectivity index (χ1n) is 4.28. The van der Waals surface area contributed by atoms with Gasteiger partial charge in [0.25, 0.3) is 10.2 Å². The molecule has 0 saturated heterocycles. The Balaban J connectivity index is 0. The van der Waals surface area contributed by atoms with E-state index in [2.05, 4.69) is 17.1 Å². The molecule has 1 unspecified atom stereocenters. The summed E-state index contributed by atoms with van der Waals surface area (Å²) in [5.41, 5.74) is 0. The van der Waals surface area contributed by atoms with Crippen molar-refractivity contribution in [1.82, 2.24) is 5.32 Å². The first-order chi connectivity index (χ1) is 6.90. The third kappa shape index (κ3) is 24.5. The molecule has 0 aromatic rings. The zero-order valence-corrected chi connectivity index (χ0v) is 8.58. The van der Waals surface area contributed by atoms with Crippen molar-refractivity contribution < 1.29 is 20.2 Å². The minimum absolute atomic E-state index is 0.503. The Morgan fingerprint density at radius 1 is 1.47 bits per heavy atom. The Morgan fingerprint density at radius 2 is 1.93 bits per heavy atom. The maximum Gasteiger partial charge on any atom is 0.296 e. The van der Waals surface area contributed by atoms with Gasteiger partial charge in [0.15, 0.2) is 6.23 Å². The lowest BCUT2D eigenvalue weighted by molar-refractivity contribution is -0.769. The number of nitrogens with one attached hydrogen (secondary N) is 1. The second-order valence-electron chi connectivity index (χ2n) is 2.52. The first kappa shape index (κ1) is 15.8. The van der Waals surface area contributed by atoms with Gasteiger partial charge in [-0.1, -0.05) is 13.3 Å². The van der Waals surface area contributed by atoms with Crippen LogP contribution in [0.5, 0.6) is 0 Å². The highest BCUT2D eigenvalue weighted by molar-refractivity contribution is 4.45. The molecule has 0 aromatic heterocycles. The van der Waals surface area contributed by atoms with Gasteiger partial charge < -0.3 is 5.21 Å². The minimum Gasteiger partial charge on any atom is -0.328 e. The molecule has 1 atom stereocenters. The lowest BCUT2D eigenvalue weighted by atomic mass is 10.3. The summed E-state index contributed by atoms with van der Waals surface area (Å²) in [6.45, 7) is 4.42. The van der Waals surface area contributed by atoms with Gasteiger partial charge in [0.1, 0.15) is 0 Å². The van der Waals surface area contributed by atoms with E-state index in [1.54, 1.807) is 6.92 Å². The molecular weight excluding hydrogens is 210 g/mol. The number of nitrogens with zero attached hydrogens (tertiary/aromatic N) is 2. The van der Waals surface area contributed by atoms with Gasteiger partial charge in [0.2, 0.25) is 0 Å². The second kappa shape index (κ2) is 10.4. The molecule has 0 heterocycles. The van der Waals surface area contributed by atoms with Gasteiger partial charge in [-0.3, -0.25) is 10.2 Å². The van der Waals surface area contributed by atoms with Crippen LogP contribution < -0.4 is 5.32 Å². The van der Waals surface area contributed by atoms with Crippen molar-refractivity contribution in [2.45, 2.75) is 32.9 Å². The lowest BCUT2D eigenvalue weighted by Gasteiger charge is -2.09. The summed E-state index contributed by atoms with van der Waals surface area (Å²) in [4.78, 5) is 22.4. The zero-order valence-electron chi connectivity index (χ0n) is 8.58. The van der Waals surface area contributed by atoms with Gasteiger partial charge in [-0.25, -0.2) is 0 Å². The van der Waals surface area contributed by atoms with Gasteiger partial charge in [-0.2, -0.15) is 0 Å². The molecule has 0 rings (SSSR count). The van der Waals surface area contributed by atoms with E-state index in [0.717, 1.165) is 19.4 Å². The maximum atomic E-state index is 9.79. The summed E-state index contributed by atoms with van der Waals surface area (Å²) in [6, 6.07) is 0. The molecule has 0 spiro atoms. The summed E-state index contributed by atoms with van der Waals surface area (Å²) < 4.78 is 0. The summed E-state index contributed by atoms with van der Waals surface area (Å²) in [6.07, 6.45) is 1.57. The van der Waals surface area contributed by atoms with E-state index in [4.69, 9.17) is 15.3 Å². The fourth-order valence-corrected chi connectivity index (χ4v) is 0.648. The molecule has 90 valence electrons. The van der Waals surface area contributed by atoms with Crippen molar-refractivity contribution in [3.8, 4) is 0 Å². The molecule has 9 nitrogen and oxygen atoms in total. The Bertz CT molecular complexity index is 184. The molecule has 0 aliphatic rings. The van der Waals surface area contributed by atoms with Crippen molar-refractivity contribution in [3.63, 3.8) is 0 Å². The van der Waals surface area contributed by atoms with E-state index in [1.807, 2.05) is 0 Å². The van der Waals surface area contributed by atoms with Gasteiger partial charge in [-0.15, -0.1) is 20.2 Å². The average molecular weight is 225 g/mol. The van der Waals surface area contributed by atoms with E-state index >= 15 is 0 Å². The van der Waals surface area contributed by atoms with Gasteiger partial charge in [-0.05, 0) is 19.9 Å². The predicted octanol–water partition coefficient (Wildman–Crippen LogP) is 0.583. The monoisotopic (exact) mass is 225 g/mol. The van der Waals surface area contributed by atoms with E-state index in [-0.39, 0.29) is 0 Å². The molecule has 0 fully saturated rings. The molecule has 15 heavy (non-hydrogen) atoms. The van der Waals surface area contributed by atoms with Gasteiger partial charge in [0, 0.05) is 0 Å². The van der Waals surface area contributed by atoms with Crippen LogP contribution >= 0.6 is 0 Å². The van der Waals surface area contributed by atoms with Crippen LogP contribution in [0.3, 0.4) is 0 Å². The molecular formula is C6H15N3O6. The SMILES string of the molecule is CCCCNC(C)O[N+](=O)[O-].O=[N+]([O-])O. The highest BCUT2D eigenvalue weighted by atomic mass is 17.0. The Morgan fingerprint density at radius 3 is 2.27 bits per heavy atom. The fraction of sp³-hybridized carbons (Fsp3) is 1.00. The molecule has 9 heteroatoms. The quantitative estimate of drug-likeness (QED) is 0.293. The molecule has 0 amide bonds. The first-order valence-corrected chi connectivity index (χ1v) is 4.28. The van der Waals surface area contributed by atoms with Crippen LogP contribution in [0, 0.1) is 20.2 Å². The van der Waals surface area contributed by atoms with Crippen LogP contribution in [0.1, 0.15) is 26.7 Å². The number of unbranched alkanes of at least 4 members (excludes halogenated alkanes) is 1. The van der Waals surface area contributed by atoms with E-state index in [9.17, 15) is 10.1 Å². The average Bonchev–Trinajstić information content (AvgIpc) is 2.02. The number of hydrogen-bond acceptors (Lipinski definition) is 6. The van der Waals surface area contributed by atoms with E-state index in [1.165, 1.54) is 0 Å². The van der Waals surface area contributed by atoms with Gasteiger partial charge >= 0.3 is 0 Å². The summed E-state index contributed by atoms with van der Waals surface area (Å²) >= 11 is 0. The van der Waals surface area contributed by atoms with E-state index in [0.29, 0.717) is 0 Å². The van der Waals surface area contributed by atoms with Crippen molar-refractivity contribution in [3.05, 3.63) is 20.2 Å². The van der Waals surface area contributed by atoms with Crippen LogP contribution in [0.15, 0.2) is 0 Å². The molecule has 0 bridgehead atoms. The molecule has 2 N–H and O–H groups in total. The third-order valence-electron chi connectivity index (χ3n) is 1.21. The Labute approximate surface area is 86.2 Å². The maximum absolute atomic E-state index is 9.79. The molecule has 0 aromatic carbocycles. The third-order valence-corrected chi connectivity index (χ3v) is 1.21. The van der Waals surface area contributed by atoms with Crippen LogP contribution in [0.2, 0.25) is 0 Å². The lowest BCUT2D eigenvalue weighted by Crippen LogP contribution is -2.31. The van der Waals surface area contributed by atoms with Crippen molar-refractivity contribution >= 4 is 0 Å². The standard InChI is InChI=1S/C6H14N2O3.HNO3/c1-3-4-5-7-6(2)11-8(9)10;2-1(3)4/h6-7H,3-5H2,1-2H3;(H,2,3,4). The van der Waals surface area contributed by atoms with Crippen LogP contribution in [-0.4, -0.2) is 28.2 Å². The predicted molar refractivity (Wildman–Crippen MR) is 49.2 cm³/mol. The van der Waals surface area contributed by atoms with E-state index < -0.39 is 16.4 Å². The van der Waals surface area contributed by atoms with Crippen LogP contribution in [0.4, 0.5) is 0 Å². The number of rotatable bonds is 6. The van der Waals surface area contributed by atoms with Gasteiger partial charge in [0.05, 0.1) is 0 Å². The highest BCUT2D eigenvalue weighted by Crippen LogP contribution is 1.88. The Hall–Kier alpha value is -1.64. The summed E-state index contributed by atoms with van der Waals surface area (Å²) in [5, 5.41) is 25.5. The normalized spacial score (nSPS) is 10.8. The summed E-state index contributed by atoms with van der Waals surface area (Å²) in [7, 11) is 0. The molecule has 0 radical (unpaired) electrons. The van der Waals surface area contributed by atoms with Crippen molar-refractivity contribution in [1.29, 1.82) is 0 Å². The number of hydrogen-bond donors (Lipinski definition) is 2. The summed E-state index contributed by atoms with van der Waals surface area (Å²) in [5.74, 6) is 0. The topological polar surface area (TPSA) is 128 Å². The highest BCUT2D eigenvalue weighted by Gasteiger charge is 2.03. The Kier molecular flexibility index (Phi) is 11.0. The largest absolute Gasteiger partial charge is 0.328 e. The zero-order chi connectivity index (χ0) is 12.3. The van der Waals surface area contributed by atoms with Crippen LogP contribution in [-0.2, 0) is 4.84 Å². The molecule has 0 saturated carbocycles. The molecule has 0 aliphatic carbocycles. The van der Waals surface area contributed by atoms with Crippen LogP contribution in [0.25, 0.3) is 0 Å². The molecule has 0 aliphatic heterocycles. The minimum atomic E-state index is -1.50. The smallest absolute Gasteiger partial charge is 0.296 e.